The third-order valence-electron chi connectivity index (χ3n) is 6.18. The SMILES string of the molecule is COc1ccc2nccc(NC(=O)[C@H]3CC[C@H](NCc4cc5c(nn4)SCC(=O)N5)[C@@H](O)C3)c2n1. The summed E-state index contributed by atoms with van der Waals surface area (Å²) in [4.78, 5) is 33.3. The highest BCUT2D eigenvalue weighted by Gasteiger charge is 2.33. The van der Waals surface area contributed by atoms with Gasteiger partial charge in [0.15, 0.2) is 0 Å². The molecule has 3 aromatic rings. The summed E-state index contributed by atoms with van der Waals surface area (Å²) >= 11 is 1.36. The van der Waals surface area contributed by atoms with Crippen molar-refractivity contribution < 1.29 is 19.4 Å². The number of rotatable bonds is 6. The Hall–Kier alpha value is -3.35. The van der Waals surface area contributed by atoms with Gasteiger partial charge in [-0.2, -0.15) is 5.10 Å². The monoisotopic (exact) mass is 495 g/mol. The van der Waals surface area contributed by atoms with E-state index >= 15 is 0 Å². The molecule has 0 aromatic carbocycles. The summed E-state index contributed by atoms with van der Waals surface area (Å²) in [6.45, 7) is 0.399. The largest absolute Gasteiger partial charge is 0.481 e. The number of pyridine rings is 2. The number of carbonyl (C=O) groups excluding carboxylic acids is 2. The van der Waals surface area contributed by atoms with Crippen LogP contribution in [0, 0.1) is 5.92 Å². The molecule has 1 aliphatic carbocycles. The van der Waals surface area contributed by atoms with Crippen LogP contribution < -0.4 is 20.7 Å². The number of anilines is 2. The number of nitrogens with zero attached hydrogens (tertiary/aromatic N) is 4. The van der Waals surface area contributed by atoms with Crippen molar-refractivity contribution in [2.75, 3.05) is 23.5 Å². The number of aromatic nitrogens is 4. The van der Waals surface area contributed by atoms with E-state index in [0.717, 1.165) is 0 Å². The zero-order chi connectivity index (χ0) is 24.4. The van der Waals surface area contributed by atoms with Crippen LogP contribution in [-0.4, -0.2) is 62.1 Å². The van der Waals surface area contributed by atoms with Crippen LogP contribution in [0.25, 0.3) is 11.0 Å². The fourth-order valence-corrected chi connectivity index (χ4v) is 5.04. The van der Waals surface area contributed by atoms with E-state index in [0.29, 0.717) is 70.6 Å². The lowest BCUT2D eigenvalue weighted by molar-refractivity contribution is -0.122. The maximum absolute atomic E-state index is 13.0. The van der Waals surface area contributed by atoms with Crippen molar-refractivity contribution >= 4 is 46.0 Å². The molecule has 3 aromatic heterocycles. The van der Waals surface area contributed by atoms with Gasteiger partial charge in [-0.3, -0.25) is 14.6 Å². The zero-order valence-corrected chi connectivity index (χ0v) is 19.8. The number of nitrogens with one attached hydrogen (secondary N) is 3. The molecule has 12 heteroatoms. The molecule has 0 spiro atoms. The Balaban J connectivity index is 1.18. The summed E-state index contributed by atoms with van der Waals surface area (Å²) in [5, 5.41) is 28.9. The molecule has 4 heterocycles. The van der Waals surface area contributed by atoms with E-state index in [1.165, 1.54) is 18.9 Å². The van der Waals surface area contributed by atoms with Crippen molar-refractivity contribution in [3.63, 3.8) is 0 Å². The van der Waals surface area contributed by atoms with E-state index in [1.54, 1.807) is 30.5 Å². The normalized spacial score (nSPS) is 21.8. The Labute approximate surface area is 205 Å². The van der Waals surface area contributed by atoms with Gasteiger partial charge in [0, 0.05) is 30.8 Å². The molecule has 0 bridgehead atoms. The first-order valence-electron chi connectivity index (χ1n) is 11.3. The average Bonchev–Trinajstić information content (AvgIpc) is 2.87. The molecular weight excluding hydrogens is 470 g/mol. The first-order chi connectivity index (χ1) is 17.0. The van der Waals surface area contributed by atoms with E-state index < -0.39 is 6.10 Å². The molecule has 35 heavy (non-hydrogen) atoms. The number of hydrogen-bond acceptors (Lipinski definition) is 10. The molecule has 11 nitrogen and oxygen atoms in total. The molecule has 1 aliphatic heterocycles. The molecule has 182 valence electrons. The molecule has 3 atom stereocenters. The maximum atomic E-state index is 13.0. The van der Waals surface area contributed by atoms with E-state index in [9.17, 15) is 14.7 Å². The third-order valence-corrected chi connectivity index (χ3v) is 7.16. The maximum Gasteiger partial charge on any atom is 0.234 e. The Bertz CT molecular complexity index is 1270. The highest BCUT2D eigenvalue weighted by Crippen LogP contribution is 2.30. The fourth-order valence-electron chi connectivity index (χ4n) is 4.34. The number of amides is 2. The molecule has 0 saturated heterocycles. The Morgan fingerprint density at radius 1 is 1.29 bits per heavy atom. The van der Waals surface area contributed by atoms with Gasteiger partial charge in [-0.1, -0.05) is 11.8 Å². The van der Waals surface area contributed by atoms with Gasteiger partial charge in [-0.15, -0.1) is 5.10 Å². The average molecular weight is 496 g/mol. The van der Waals surface area contributed by atoms with Crippen LogP contribution in [0.1, 0.15) is 25.0 Å². The van der Waals surface area contributed by atoms with Crippen molar-refractivity contribution in [2.45, 2.75) is 43.0 Å². The van der Waals surface area contributed by atoms with Crippen molar-refractivity contribution in [3.05, 3.63) is 36.2 Å². The van der Waals surface area contributed by atoms with Crippen LogP contribution in [0.4, 0.5) is 11.4 Å². The minimum absolute atomic E-state index is 0.0592. The van der Waals surface area contributed by atoms with Crippen molar-refractivity contribution in [3.8, 4) is 5.88 Å². The van der Waals surface area contributed by atoms with Crippen LogP contribution in [0.2, 0.25) is 0 Å². The van der Waals surface area contributed by atoms with Crippen LogP contribution in [0.15, 0.2) is 35.5 Å². The van der Waals surface area contributed by atoms with Gasteiger partial charge < -0.3 is 25.8 Å². The summed E-state index contributed by atoms with van der Waals surface area (Å²) < 4.78 is 5.19. The van der Waals surface area contributed by atoms with Crippen molar-refractivity contribution in [1.29, 1.82) is 0 Å². The standard InChI is InChI=1S/C23H25N7O4S/c1-34-20-5-4-15-21(28-20)16(6-7-24-15)27-22(33)12-2-3-14(18(31)8-12)25-10-13-9-17-23(30-29-13)35-11-19(32)26-17/h4-7,9,12,14,18,25,31H,2-3,8,10-11H2,1H3,(H,26,32)(H,24,27,33)/t12-,14-,18-/m0/s1. The van der Waals surface area contributed by atoms with E-state index in [4.69, 9.17) is 4.74 Å². The lowest BCUT2D eigenvalue weighted by Gasteiger charge is -2.33. The molecule has 2 aliphatic rings. The molecule has 1 fully saturated rings. The van der Waals surface area contributed by atoms with E-state index in [2.05, 4.69) is 36.1 Å². The van der Waals surface area contributed by atoms with Crippen LogP contribution in [0.5, 0.6) is 5.88 Å². The smallest absolute Gasteiger partial charge is 0.234 e. The van der Waals surface area contributed by atoms with Crippen molar-refractivity contribution in [2.24, 2.45) is 5.92 Å². The minimum atomic E-state index is -0.687. The van der Waals surface area contributed by atoms with E-state index in [1.807, 2.05) is 0 Å². The molecule has 2 amide bonds. The number of fused-ring (bicyclic) bond motifs is 2. The number of ether oxygens (including phenoxy) is 1. The molecule has 1 saturated carbocycles. The highest BCUT2D eigenvalue weighted by atomic mass is 32.2. The fraction of sp³-hybridized carbons (Fsp3) is 0.391. The molecule has 5 rings (SSSR count). The minimum Gasteiger partial charge on any atom is -0.481 e. The van der Waals surface area contributed by atoms with Gasteiger partial charge in [0.05, 0.1) is 41.6 Å². The highest BCUT2D eigenvalue weighted by molar-refractivity contribution is 8.00. The predicted octanol–water partition coefficient (Wildman–Crippen LogP) is 1.73. The van der Waals surface area contributed by atoms with E-state index in [-0.39, 0.29) is 23.8 Å². The van der Waals surface area contributed by atoms with Gasteiger partial charge in [-0.25, -0.2) is 4.98 Å². The first kappa shape index (κ1) is 23.4. The summed E-state index contributed by atoms with van der Waals surface area (Å²) in [5.41, 5.74) is 3.10. The number of aliphatic hydroxyl groups is 1. The predicted molar refractivity (Wildman–Crippen MR) is 130 cm³/mol. The molecule has 4 N–H and O–H groups in total. The Kier molecular flexibility index (Phi) is 6.75. The summed E-state index contributed by atoms with van der Waals surface area (Å²) in [7, 11) is 1.53. The van der Waals surface area contributed by atoms with Crippen LogP contribution in [0.3, 0.4) is 0 Å². The molecular formula is C23H25N7O4S. The topological polar surface area (TPSA) is 151 Å². The molecule has 0 radical (unpaired) electrons. The second kappa shape index (κ2) is 10.1. The summed E-state index contributed by atoms with van der Waals surface area (Å²) in [6, 6.07) is 6.84. The third kappa shape index (κ3) is 5.19. The van der Waals surface area contributed by atoms with Gasteiger partial charge in [-0.05, 0) is 37.5 Å². The lowest BCUT2D eigenvalue weighted by Crippen LogP contribution is -2.46. The number of thioether (sulfide) groups is 1. The first-order valence-corrected chi connectivity index (χ1v) is 12.3. The molecule has 0 unspecified atom stereocenters. The quantitative estimate of drug-likeness (QED) is 0.398. The van der Waals surface area contributed by atoms with Gasteiger partial charge in [0.25, 0.3) is 0 Å². The number of aliphatic hydroxyl groups excluding tert-OH is 1. The van der Waals surface area contributed by atoms with Crippen molar-refractivity contribution in [1.82, 2.24) is 25.5 Å². The number of methoxy groups -OCH3 is 1. The second-order valence-electron chi connectivity index (χ2n) is 8.53. The summed E-state index contributed by atoms with van der Waals surface area (Å²) in [5.74, 6) is 0.231. The summed E-state index contributed by atoms with van der Waals surface area (Å²) in [6.07, 6.45) is 2.53. The van der Waals surface area contributed by atoms with Gasteiger partial charge in [0.2, 0.25) is 17.7 Å². The number of carbonyl (C=O) groups is 2. The van der Waals surface area contributed by atoms with Crippen LogP contribution in [-0.2, 0) is 16.1 Å². The van der Waals surface area contributed by atoms with Gasteiger partial charge >= 0.3 is 0 Å². The zero-order valence-electron chi connectivity index (χ0n) is 19.0. The van der Waals surface area contributed by atoms with Gasteiger partial charge in [0.1, 0.15) is 10.5 Å². The van der Waals surface area contributed by atoms with Crippen LogP contribution >= 0.6 is 11.8 Å². The number of hydrogen-bond donors (Lipinski definition) is 4. The Morgan fingerprint density at radius 3 is 3.00 bits per heavy atom. The second-order valence-corrected chi connectivity index (χ2v) is 9.49. The lowest BCUT2D eigenvalue weighted by atomic mass is 9.83. The Morgan fingerprint density at radius 2 is 2.17 bits per heavy atom.